The number of ketones is 1. The van der Waals surface area contributed by atoms with E-state index in [1.807, 2.05) is 12.2 Å². The lowest BCUT2D eigenvalue weighted by molar-refractivity contribution is -0.220. The van der Waals surface area contributed by atoms with Gasteiger partial charge in [0.15, 0.2) is 11.9 Å². The molecule has 1 aliphatic rings. The summed E-state index contributed by atoms with van der Waals surface area (Å²) in [6, 6.07) is 0. The number of hydrogen-bond donors (Lipinski definition) is 6. The summed E-state index contributed by atoms with van der Waals surface area (Å²) in [6.07, 6.45) is 22.9. The summed E-state index contributed by atoms with van der Waals surface area (Å²) >= 11 is 0. The maximum absolute atomic E-state index is 12.8. The first-order valence-electron chi connectivity index (χ1n) is 22.4. The van der Waals surface area contributed by atoms with E-state index in [0.29, 0.717) is 19.3 Å². The van der Waals surface area contributed by atoms with E-state index >= 15 is 0 Å². The van der Waals surface area contributed by atoms with Crippen LogP contribution in [0.25, 0.3) is 0 Å². The van der Waals surface area contributed by atoms with Crippen molar-refractivity contribution >= 4 is 25.5 Å². The number of allylic oxidation sites excluding steroid dienone is 8. The maximum Gasteiger partial charge on any atom is 0.472 e. The van der Waals surface area contributed by atoms with Gasteiger partial charge in [0, 0.05) is 19.3 Å². The molecule has 0 saturated heterocycles. The van der Waals surface area contributed by atoms with Crippen LogP contribution in [0.1, 0.15) is 162 Å². The Kier molecular flexibility index (Phi) is 32.4. The number of unbranched alkanes of at least 4 members (excludes halogenated alkanes) is 15. The third-order valence-electron chi connectivity index (χ3n) is 10.1. The summed E-state index contributed by atoms with van der Waals surface area (Å²) in [6.45, 7) is 3.06. The van der Waals surface area contributed by atoms with Gasteiger partial charge in [0.2, 0.25) is 0 Å². The van der Waals surface area contributed by atoms with E-state index in [9.17, 15) is 49.4 Å². The van der Waals surface area contributed by atoms with Gasteiger partial charge in [0.1, 0.15) is 43.2 Å². The van der Waals surface area contributed by atoms with Crippen molar-refractivity contribution in [3.63, 3.8) is 0 Å². The minimum Gasteiger partial charge on any atom is -0.462 e. The number of hydrogen-bond acceptors (Lipinski definition) is 13. The van der Waals surface area contributed by atoms with E-state index < -0.39 is 75.7 Å². The van der Waals surface area contributed by atoms with Gasteiger partial charge in [-0.05, 0) is 70.3 Å². The van der Waals surface area contributed by atoms with Crippen LogP contribution in [-0.2, 0) is 37.5 Å². The number of carbonyl (C=O) groups is 3. The van der Waals surface area contributed by atoms with Crippen LogP contribution in [-0.4, -0.2) is 104 Å². The van der Waals surface area contributed by atoms with Gasteiger partial charge in [-0.25, -0.2) is 4.57 Å². The summed E-state index contributed by atoms with van der Waals surface area (Å²) < 4.78 is 33.4. The molecule has 8 atom stereocenters. The van der Waals surface area contributed by atoms with Crippen LogP contribution in [0.4, 0.5) is 0 Å². The molecule has 6 N–H and O–H groups in total. The highest BCUT2D eigenvalue weighted by Crippen LogP contribution is 2.47. The summed E-state index contributed by atoms with van der Waals surface area (Å²) in [7, 11) is -5.14. The zero-order chi connectivity index (χ0) is 44.4. The number of carbonyl (C=O) groups excluding carboxylic acids is 3. The second-order valence-corrected chi connectivity index (χ2v) is 17.0. The molecular formula is C45H77O14P. The molecule has 0 heterocycles. The summed E-state index contributed by atoms with van der Waals surface area (Å²) in [5, 5.41) is 50.1. The van der Waals surface area contributed by atoms with E-state index in [1.165, 1.54) is 19.3 Å². The Morgan fingerprint density at radius 1 is 0.567 bits per heavy atom. The Morgan fingerprint density at radius 3 is 1.65 bits per heavy atom. The van der Waals surface area contributed by atoms with Crippen molar-refractivity contribution in [2.24, 2.45) is 0 Å². The lowest BCUT2D eigenvalue weighted by Crippen LogP contribution is -2.64. The van der Waals surface area contributed by atoms with Crippen LogP contribution in [0.3, 0.4) is 0 Å². The first-order chi connectivity index (χ1) is 28.8. The van der Waals surface area contributed by atoms with Crippen molar-refractivity contribution in [1.29, 1.82) is 0 Å². The Hall–Kier alpha value is -2.52. The molecule has 0 aromatic carbocycles. The van der Waals surface area contributed by atoms with Crippen molar-refractivity contribution in [2.75, 3.05) is 13.2 Å². The van der Waals surface area contributed by atoms with Gasteiger partial charge in [-0.15, -0.1) is 0 Å². The fourth-order valence-electron chi connectivity index (χ4n) is 6.41. The highest BCUT2D eigenvalue weighted by Gasteiger charge is 2.51. The van der Waals surface area contributed by atoms with Gasteiger partial charge < -0.3 is 39.9 Å². The SMILES string of the molecule is CCCCC/C=C\C/C=C\CCCCCCCC(=O)O[C@H](COC(=O)CCCCCCC/C=C\C=C\C(=O)CCCCC)COP(=O)(O)OC1[C@H](O)[C@H](O)C(O)[C@H](O)[C@H]1O. The molecule has 0 amide bonds. The first-order valence-corrected chi connectivity index (χ1v) is 23.9. The normalized spacial score (nSPS) is 22.5. The number of ether oxygens (including phenoxy) is 2. The second-order valence-electron chi connectivity index (χ2n) is 15.6. The van der Waals surface area contributed by atoms with Gasteiger partial charge in [0.25, 0.3) is 0 Å². The van der Waals surface area contributed by atoms with Crippen molar-refractivity contribution in [3.05, 3.63) is 48.6 Å². The second kappa shape index (κ2) is 35.0. The lowest BCUT2D eigenvalue weighted by atomic mass is 9.85. The fourth-order valence-corrected chi connectivity index (χ4v) is 7.39. The monoisotopic (exact) mass is 873 g/mol. The smallest absolute Gasteiger partial charge is 0.462 e. The lowest BCUT2D eigenvalue weighted by Gasteiger charge is -2.41. The molecule has 0 bridgehead atoms. The van der Waals surface area contributed by atoms with Crippen molar-refractivity contribution in [1.82, 2.24) is 0 Å². The Balaban J connectivity index is 2.52. The number of phosphoric acid groups is 1. The average Bonchev–Trinajstić information content (AvgIpc) is 3.22. The zero-order valence-electron chi connectivity index (χ0n) is 36.2. The van der Waals surface area contributed by atoms with Crippen LogP contribution in [0, 0.1) is 0 Å². The fraction of sp³-hybridized carbons (Fsp3) is 0.756. The minimum absolute atomic E-state index is 0.0616. The molecule has 1 saturated carbocycles. The number of aliphatic hydroxyl groups excluding tert-OH is 5. The molecule has 0 radical (unpaired) electrons. The maximum atomic E-state index is 12.8. The Bertz CT molecular complexity index is 1300. The number of aliphatic hydroxyl groups is 5. The molecule has 1 aliphatic carbocycles. The molecular weight excluding hydrogens is 795 g/mol. The van der Waals surface area contributed by atoms with E-state index in [4.69, 9.17) is 18.5 Å². The van der Waals surface area contributed by atoms with Crippen LogP contribution in [0.15, 0.2) is 48.6 Å². The first kappa shape index (κ1) is 55.5. The largest absolute Gasteiger partial charge is 0.472 e. The molecule has 1 rings (SSSR count). The van der Waals surface area contributed by atoms with Crippen molar-refractivity contribution in [3.8, 4) is 0 Å². The third-order valence-corrected chi connectivity index (χ3v) is 11.1. The predicted octanol–water partition coefficient (Wildman–Crippen LogP) is 7.57. The summed E-state index contributed by atoms with van der Waals surface area (Å²) in [5.41, 5.74) is 0. The molecule has 0 aromatic heterocycles. The van der Waals surface area contributed by atoms with E-state index in [0.717, 1.165) is 96.3 Å². The number of phosphoric ester groups is 1. The van der Waals surface area contributed by atoms with E-state index in [-0.39, 0.29) is 18.6 Å². The standard InChI is InChI=1S/C45H77O14P/c1-3-5-7-8-9-10-11-12-13-14-15-18-22-25-29-33-39(48)58-37(35-57-60(54,55)59-45-43(52)41(50)40(49)42(51)44(45)53)34-56-38(47)32-28-24-21-19-16-17-20-23-27-31-36(46)30-26-6-4-2/h9-10,12-13,20,23,27,31,37,40-45,49-53H,3-8,11,14-19,21-22,24-26,28-30,32-35H2,1-2H3,(H,54,55)/b10-9-,13-12-,23-20-,31-27+/t37-,40?,41-,42+,43-,44-,45?/m1/s1. The quantitative estimate of drug-likeness (QED) is 0.00892. The third kappa shape index (κ3) is 27.4. The number of rotatable bonds is 36. The molecule has 346 valence electrons. The van der Waals surface area contributed by atoms with Gasteiger partial charge in [0.05, 0.1) is 6.61 Å². The van der Waals surface area contributed by atoms with E-state index in [1.54, 1.807) is 12.2 Å². The molecule has 0 aromatic rings. The topological polar surface area (TPSA) is 227 Å². The molecule has 15 heteroatoms. The average molecular weight is 873 g/mol. The molecule has 0 spiro atoms. The van der Waals surface area contributed by atoms with Gasteiger partial charge >= 0.3 is 19.8 Å². The van der Waals surface area contributed by atoms with Crippen LogP contribution >= 0.6 is 7.82 Å². The zero-order valence-corrected chi connectivity index (χ0v) is 37.1. The van der Waals surface area contributed by atoms with Crippen LogP contribution < -0.4 is 0 Å². The summed E-state index contributed by atoms with van der Waals surface area (Å²) in [5.74, 6) is -1.04. The van der Waals surface area contributed by atoms with Crippen LogP contribution in [0.5, 0.6) is 0 Å². The summed E-state index contributed by atoms with van der Waals surface area (Å²) in [4.78, 5) is 47.4. The molecule has 14 nitrogen and oxygen atoms in total. The molecule has 0 aliphatic heterocycles. The van der Waals surface area contributed by atoms with Crippen molar-refractivity contribution < 1.29 is 67.9 Å². The van der Waals surface area contributed by atoms with Gasteiger partial charge in [-0.3, -0.25) is 23.4 Å². The van der Waals surface area contributed by atoms with Crippen LogP contribution in [0.2, 0.25) is 0 Å². The molecule has 1 fully saturated rings. The van der Waals surface area contributed by atoms with Gasteiger partial charge in [-0.1, -0.05) is 121 Å². The number of esters is 2. The molecule has 3 unspecified atom stereocenters. The molecule has 60 heavy (non-hydrogen) atoms. The highest BCUT2D eigenvalue weighted by molar-refractivity contribution is 7.47. The highest BCUT2D eigenvalue weighted by atomic mass is 31.2. The Labute approximate surface area is 358 Å². The van der Waals surface area contributed by atoms with E-state index in [2.05, 4.69) is 38.2 Å². The predicted molar refractivity (Wildman–Crippen MR) is 231 cm³/mol. The van der Waals surface area contributed by atoms with Crippen molar-refractivity contribution in [2.45, 2.75) is 204 Å². The van der Waals surface area contributed by atoms with Gasteiger partial charge in [-0.2, -0.15) is 0 Å². The minimum atomic E-state index is -5.14. The Morgan fingerprint density at radius 2 is 1.05 bits per heavy atom.